The van der Waals surface area contributed by atoms with Gasteiger partial charge in [-0.3, -0.25) is 0 Å². The van der Waals surface area contributed by atoms with E-state index in [1.807, 2.05) is 35.7 Å². The molecule has 0 spiro atoms. The lowest BCUT2D eigenvalue weighted by atomic mass is 10.3. The quantitative estimate of drug-likeness (QED) is 0.698. The summed E-state index contributed by atoms with van der Waals surface area (Å²) in [4.78, 5) is 5.16. The molecule has 0 unspecified atom stereocenters. The lowest BCUT2D eigenvalue weighted by molar-refractivity contribution is 0.598. The Labute approximate surface area is 144 Å². The third-order valence-electron chi connectivity index (χ3n) is 3.22. The van der Waals surface area contributed by atoms with Gasteiger partial charge < -0.3 is 5.32 Å². The summed E-state index contributed by atoms with van der Waals surface area (Å²) >= 11 is 1.46. The number of nitrogens with one attached hydrogen (secondary N) is 1. The van der Waals surface area contributed by atoms with Crippen molar-refractivity contribution in [3.63, 3.8) is 0 Å². The Balaban J connectivity index is 1.81. The zero-order chi connectivity index (χ0) is 17.0. The van der Waals surface area contributed by atoms with Crippen molar-refractivity contribution in [1.82, 2.24) is 4.98 Å². The number of benzene rings is 1. The van der Waals surface area contributed by atoms with E-state index in [0.717, 1.165) is 10.6 Å². The molecule has 3 rings (SSSR count). The van der Waals surface area contributed by atoms with Crippen molar-refractivity contribution in [3.05, 3.63) is 71.1 Å². The smallest absolute Gasteiger partial charge is 0.282 e. The molecule has 0 radical (unpaired) electrons. The minimum atomic E-state index is -3.72. The lowest BCUT2D eigenvalue weighted by Crippen LogP contribution is -2.02. The Bertz CT molecular complexity index is 933. The Morgan fingerprint density at radius 2 is 1.88 bits per heavy atom. The van der Waals surface area contributed by atoms with Crippen LogP contribution >= 0.6 is 11.3 Å². The van der Waals surface area contributed by atoms with Crippen molar-refractivity contribution in [3.8, 4) is 0 Å². The first-order valence-electron chi connectivity index (χ1n) is 7.18. The van der Waals surface area contributed by atoms with Crippen LogP contribution in [0.1, 0.15) is 11.8 Å². The van der Waals surface area contributed by atoms with E-state index in [-0.39, 0.29) is 4.90 Å². The van der Waals surface area contributed by atoms with Crippen LogP contribution in [-0.4, -0.2) is 19.1 Å². The molecule has 0 bridgehead atoms. The van der Waals surface area contributed by atoms with Crippen molar-refractivity contribution < 1.29 is 8.42 Å². The number of pyridine rings is 1. The highest BCUT2D eigenvalue weighted by Crippen LogP contribution is 2.20. The van der Waals surface area contributed by atoms with Crippen LogP contribution in [0.3, 0.4) is 0 Å². The van der Waals surface area contributed by atoms with Crippen molar-refractivity contribution in [1.29, 1.82) is 0 Å². The molecular weight excluding hydrogens is 342 g/mol. The number of aromatic nitrogens is 1. The molecule has 0 aliphatic rings. The van der Waals surface area contributed by atoms with E-state index in [4.69, 9.17) is 0 Å². The summed E-state index contributed by atoms with van der Waals surface area (Å²) in [5, 5.41) is 4.99. The Morgan fingerprint density at radius 1 is 1.08 bits per heavy atom. The molecule has 0 saturated carbocycles. The third-order valence-corrected chi connectivity index (χ3v) is 5.59. The first kappa shape index (κ1) is 16.4. The topological polar surface area (TPSA) is 71.4 Å². The highest BCUT2D eigenvalue weighted by Gasteiger charge is 2.14. The normalized spacial score (nSPS) is 12.1. The summed E-state index contributed by atoms with van der Waals surface area (Å²) in [6.45, 7) is 1.69. The lowest BCUT2D eigenvalue weighted by Gasteiger charge is -2.06. The van der Waals surface area contributed by atoms with Gasteiger partial charge in [0.25, 0.3) is 10.0 Å². The van der Waals surface area contributed by atoms with Gasteiger partial charge in [0.05, 0.1) is 10.6 Å². The van der Waals surface area contributed by atoms with E-state index < -0.39 is 10.0 Å². The summed E-state index contributed by atoms with van der Waals surface area (Å²) in [5.41, 5.74) is 1.24. The van der Waals surface area contributed by atoms with Crippen LogP contribution in [0.4, 0.5) is 11.5 Å². The van der Waals surface area contributed by atoms with E-state index in [2.05, 4.69) is 14.7 Å². The minimum Gasteiger partial charge on any atom is -0.340 e. The Morgan fingerprint density at radius 3 is 2.50 bits per heavy atom. The maximum absolute atomic E-state index is 12.4. The van der Waals surface area contributed by atoms with Gasteiger partial charge in [-0.25, -0.2) is 4.98 Å². The van der Waals surface area contributed by atoms with Crippen molar-refractivity contribution in [2.75, 3.05) is 5.32 Å². The molecule has 0 amide bonds. The standard InChI is InChI=1S/C17H15N3O2S2/c1-13(16-5-4-12-23-16)20-24(21,22)15-9-7-14(8-10-15)19-17-6-2-3-11-18-17/h2-12H,1H3,(H,18,19)/b20-13-. The molecule has 3 aromatic rings. The van der Waals surface area contributed by atoms with Crippen molar-refractivity contribution in [2.45, 2.75) is 11.8 Å². The summed E-state index contributed by atoms with van der Waals surface area (Å²) in [6.07, 6.45) is 1.68. The number of hydrogen-bond acceptors (Lipinski definition) is 5. The van der Waals surface area contributed by atoms with Crippen LogP contribution in [0.2, 0.25) is 0 Å². The van der Waals surface area contributed by atoms with Gasteiger partial charge in [0.15, 0.2) is 0 Å². The summed E-state index contributed by atoms with van der Waals surface area (Å²) in [7, 11) is -3.72. The largest absolute Gasteiger partial charge is 0.340 e. The maximum Gasteiger partial charge on any atom is 0.282 e. The summed E-state index contributed by atoms with van der Waals surface area (Å²) in [6, 6.07) is 15.7. The first-order chi connectivity index (χ1) is 11.5. The van der Waals surface area contributed by atoms with Gasteiger partial charge in [0.1, 0.15) is 5.82 Å². The first-order valence-corrected chi connectivity index (χ1v) is 9.50. The highest BCUT2D eigenvalue weighted by molar-refractivity contribution is 7.90. The van der Waals surface area contributed by atoms with Gasteiger partial charge in [-0.1, -0.05) is 12.1 Å². The predicted octanol–water partition coefficient (Wildman–Crippen LogP) is 4.08. The molecule has 1 N–H and O–H groups in total. The van der Waals surface area contributed by atoms with Crippen LogP contribution in [0.5, 0.6) is 0 Å². The molecule has 2 aromatic heterocycles. The van der Waals surface area contributed by atoms with Crippen LogP contribution in [-0.2, 0) is 10.0 Å². The fourth-order valence-electron chi connectivity index (χ4n) is 2.06. The third kappa shape index (κ3) is 3.87. The van der Waals surface area contributed by atoms with Crippen molar-refractivity contribution >= 4 is 38.6 Å². The van der Waals surface area contributed by atoms with Gasteiger partial charge in [-0.05, 0) is 54.8 Å². The monoisotopic (exact) mass is 357 g/mol. The second-order valence-electron chi connectivity index (χ2n) is 4.99. The van der Waals surface area contributed by atoms with E-state index in [1.165, 1.54) is 23.5 Å². The van der Waals surface area contributed by atoms with Crippen molar-refractivity contribution in [2.24, 2.45) is 4.40 Å². The average molecular weight is 357 g/mol. The Hall–Kier alpha value is -2.51. The molecule has 0 aliphatic carbocycles. The highest BCUT2D eigenvalue weighted by atomic mass is 32.2. The van der Waals surface area contributed by atoms with Gasteiger partial charge >= 0.3 is 0 Å². The fraction of sp³-hybridized carbons (Fsp3) is 0.0588. The molecule has 5 nitrogen and oxygen atoms in total. The summed E-state index contributed by atoms with van der Waals surface area (Å²) in [5.74, 6) is 0.694. The number of thiophene rings is 1. The van der Waals surface area contributed by atoms with E-state index in [1.54, 1.807) is 25.3 Å². The minimum absolute atomic E-state index is 0.157. The second-order valence-corrected chi connectivity index (χ2v) is 7.55. The predicted molar refractivity (Wildman–Crippen MR) is 97.7 cm³/mol. The zero-order valence-electron chi connectivity index (χ0n) is 12.9. The molecule has 0 aliphatic heterocycles. The average Bonchev–Trinajstić information content (AvgIpc) is 3.11. The molecule has 24 heavy (non-hydrogen) atoms. The van der Waals surface area contributed by atoms with Crippen LogP contribution < -0.4 is 5.32 Å². The van der Waals surface area contributed by atoms with E-state index >= 15 is 0 Å². The van der Waals surface area contributed by atoms with Gasteiger partial charge in [-0.2, -0.15) is 12.8 Å². The molecule has 0 fully saturated rings. The van der Waals surface area contributed by atoms with Crippen LogP contribution in [0.25, 0.3) is 0 Å². The van der Waals surface area contributed by atoms with Gasteiger partial charge in [0, 0.05) is 16.8 Å². The number of rotatable bonds is 5. The SMILES string of the molecule is C/C(=N/S(=O)(=O)c1ccc(Nc2ccccn2)cc1)c1cccs1. The molecule has 7 heteroatoms. The van der Waals surface area contributed by atoms with E-state index in [9.17, 15) is 8.42 Å². The molecule has 0 atom stereocenters. The maximum atomic E-state index is 12.4. The van der Waals surface area contributed by atoms with Gasteiger partial charge in [0.2, 0.25) is 0 Å². The molecule has 0 saturated heterocycles. The molecule has 2 heterocycles. The molecule has 1 aromatic carbocycles. The Kier molecular flexibility index (Phi) is 4.73. The number of sulfonamides is 1. The fourth-order valence-corrected chi connectivity index (χ4v) is 3.84. The second kappa shape index (κ2) is 6.94. The number of hydrogen-bond donors (Lipinski definition) is 1. The number of anilines is 2. The number of nitrogens with zero attached hydrogens (tertiary/aromatic N) is 2. The summed E-state index contributed by atoms with van der Waals surface area (Å²) < 4.78 is 28.7. The zero-order valence-corrected chi connectivity index (χ0v) is 14.5. The van der Waals surface area contributed by atoms with Gasteiger partial charge in [-0.15, -0.1) is 11.3 Å². The molecule has 122 valence electrons. The van der Waals surface area contributed by atoms with Crippen LogP contribution in [0.15, 0.2) is 75.5 Å². The molecular formula is C17H15N3O2S2. The van der Waals surface area contributed by atoms with E-state index in [0.29, 0.717) is 11.5 Å². The van der Waals surface area contributed by atoms with Crippen LogP contribution in [0, 0.1) is 0 Å².